The summed E-state index contributed by atoms with van der Waals surface area (Å²) in [5.41, 5.74) is 21.8. The number of aromatic carboxylic acids is 2. The van der Waals surface area contributed by atoms with Crippen LogP contribution in [0, 0.1) is 10.8 Å². The number of aliphatic carboxylic acids is 2. The Kier molecular flexibility index (Phi) is 38.0. The molecule has 5 aromatic rings. The number of carboxylic acid groups (broad SMARTS) is 4. The Bertz CT molecular complexity index is 5160. The third-order valence-corrected chi connectivity index (χ3v) is 18.9. The molecule has 48 heteroatoms. The highest BCUT2D eigenvalue weighted by Gasteiger charge is 2.30. The number of carbonyl (C=O) groups excluding carboxylic acids is 6. The second-order valence-corrected chi connectivity index (χ2v) is 26.4. The molecule has 2 aliphatic heterocycles. The maximum atomic E-state index is 13.4. The minimum Gasteiger partial charge on any atom is -0.691 e. The number of carboxylic acids is 4. The van der Waals surface area contributed by atoms with Crippen molar-refractivity contribution in [1.29, 1.82) is 10.8 Å². The number of nitrogen functional groups attached to an aromatic ring is 2. The molecular formula is C71H69N11O33S4-4. The summed E-state index contributed by atoms with van der Waals surface area (Å²) in [5, 5.41) is 127. The lowest BCUT2D eigenvalue weighted by molar-refractivity contribution is -0.777. The van der Waals surface area contributed by atoms with Gasteiger partial charge in [-0.25, -0.2) is 15.3 Å². The van der Waals surface area contributed by atoms with E-state index < -0.39 is 54.4 Å². The van der Waals surface area contributed by atoms with Crippen LogP contribution in [0.1, 0.15) is 64.6 Å². The van der Waals surface area contributed by atoms with Crippen LogP contribution in [0.4, 0.5) is 11.4 Å². The Morgan fingerprint density at radius 3 is 1.44 bits per heavy atom. The van der Waals surface area contributed by atoms with Crippen molar-refractivity contribution in [2.75, 3.05) is 117 Å². The Hall–Kier alpha value is -11.4. The maximum absolute atomic E-state index is 13.4. The lowest BCUT2D eigenvalue weighted by Gasteiger charge is -2.21. The smallest absolute Gasteiger partial charge is 0.329 e. The van der Waals surface area contributed by atoms with Crippen LogP contribution >= 0.6 is 48.2 Å². The van der Waals surface area contributed by atoms with Gasteiger partial charge in [-0.15, -0.1) is 8.67 Å². The zero-order chi connectivity index (χ0) is 85.8. The molecule has 44 nitrogen and oxygen atoms in total. The van der Waals surface area contributed by atoms with Crippen LogP contribution in [0.5, 0.6) is 5.75 Å². The molecule has 634 valence electrons. The van der Waals surface area contributed by atoms with E-state index in [1.165, 1.54) is 91.0 Å². The number of fused-ring (bicyclic) bond motifs is 4. The van der Waals surface area contributed by atoms with Crippen LogP contribution in [0.2, 0.25) is 0 Å². The van der Waals surface area contributed by atoms with Crippen molar-refractivity contribution in [3.8, 4) is 50.7 Å². The van der Waals surface area contributed by atoms with E-state index in [9.17, 15) is 59.1 Å². The number of hydrogen-bond acceptors (Lipinski definition) is 40. The third-order valence-electron chi connectivity index (χ3n) is 16.0. The van der Waals surface area contributed by atoms with Crippen LogP contribution in [-0.2, 0) is 80.3 Å². The third kappa shape index (κ3) is 27.1. The minimum atomic E-state index is -1.59. The van der Waals surface area contributed by atoms with E-state index in [0.29, 0.717) is 48.2 Å². The highest BCUT2D eigenvalue weighted by atomic mass is 32.2. The average Bonchev–Trinajstić information content (AvgIpc) is 0.736. The molecule has 0 saturated carbocycles. The summed E-state index contributed by atoms with van der Waals surface area (Å²) in [4.78, 5) is 100. The van der Waals surface area contributed by atoms with Crippen molar-refractivity contribution in [3.05, 3.63) is 158 Å². The van der Waals surface area contributed by atoms with E-state index in [1.54, 1.807) is 18.2 Å². The molecule has 0 bridgehead atoms. The number of benzene rings is 7. The Morgan fingerprint density at radius 1 is 0.504 bits per heavy atom. The van der Waals surface area contributed by atoms with Gasteiger partial charge in [0.05, 0.1) is 155 Å². The lowest BCUT2D eigenvalue weighted by atomic mass is 9.89. The SMILES string of the molecule is N=c1ccc2c(-c3cc(C(=O)NCCOCCOCCC(=O)O)ccc3C(=O)[O-])c3ccc(N)c(SOO[O-])c3oc-2c1SOOO.[N-]=[N+]=NC(COc1cccc(C(=O)NCCNC(=O)CCOCCOCCNC(=O)c2ccc(C(=O)[O-])c(-c3c4ccc(=N)c(SOO[O-])c-4oc4c(SOOO)c(N)ccc34)c2)c1)OCCOCC(=O)O. The van der Waals surface area contributed by atoms with Gasteiger partial charge >= 0.3 is 11.9 Å². The fourth-order valence-corrected chi connectivity index (χ4v) is 12.8. The summed E-state index contributed by atoms with van der Waals surface area (Å²) in [5.74, 6) is -7.02. The Labute approximate surface area is 686 Å². The average molecular weight is 1730 g/mol. The van der Waals surface area contributed by atoms with Crippen molar-refractivity contribution in [2.24, 2.45) is 5.11 Å². The number of anilines is 2. The molecule has 1 atom stereocenters. The molecule has 0 aromatic heterocycles. The van der Waals surface area contributed by atoms with Crippen molar-refractivity contribution in [3.63, 3.8) is 0 Å². The Balaban J connectivity index is 0.000000324. The normalized spacial score (nSPS) is 11.4. The summed E-state index contributed by atoms with van der Waals surface area (Å²) in [6.45, 7) is 0.465. The molecule has 4 aliphatic rings. The number of nitrogens with two attached hydrogens (primary N) is 2. The molecular weight excluding hydrogens is 1660 g/mol. The largest absolute Gasteiger partial charge is 0.691 e. The van der Waals surface area contributed by atoms with Gasteiger partial charge < -0.3 is 115 Å². The second-order valence-electron chi connectivity index (χ2n) is 23.6. The topological polar surface area (TPSA) is 671 Å². The second kappa shape index (κ2) is 48.5. The highest BCUT2D eigenvalue weighted by molar-refractivity contribution is 7.95. The quantitative estimate of drug-likeness (QED) is 0.00298. The first-order valence-electron chi connectivity index (χ1n) is 34.4. The van der Waals surface area contributed by atoms with Gasteiger partial charge in [-0.2, -0.15) is 8.67 Å². The first kappa shape index (κ1) is 93.1. The van der Waals surface area contributed by atoms with Crippen LogP contribution in [0.15, 0.2) is 143 Å². The van der Waals surface area contributed by atoms with E-state index >= 15 is 0 Å². The van der Waals surface area contributed by atoms with Gasteiger partial charge in [0.2, 0.25) is 5.91 Å². The Morgan fingerprint density at radius 2 is 0.958 bits per heavy atom. The lowest BCUT2D eigenvalue weighted by Crippen LogP contribution is -2.35. The van der Waals surface area contributed by atoms with Crippen molar-refractivity contribution >= 4 is 129 Å². The van der Waals surface area contributed by atoms with Gasteiger partial charge in [0.1, 0.15) is 38.5 Å². The van der Waals surface area contributed by atoms with Crippen LogP contribution < -0.4 is 68.9 Å². The minimum absolute atomic E-state index is 0.00440. The van der Waals surface area contributed by atoms with E-state index in [1.807, 2.05) is 0 Å². The first-order chi connectivity index (χ1) is 57.5. The number of hydrogen-bond donors (Lipinski definition) is 12. The van der Waals surface area contributed by atoms with Crippen molar-refractivity contribution < 1.29 is 159 Å². The van der Waals surface area contributed by atoms with E-state index in [4.69, 9.17) is 90.5 Å². The zero-order valence-corrected chi connectivity index (χ0v) is 64.7. The first-order valence-corrected chi connectivity index (χ1v) is 37.3. The number of ether oxygens (including phenoxy) is 7. The number of carbonyl (C=O) groups is 8. The monoisotopic (exact) mass is 1730 g/mol. The van der Waals surface area contributed by atoms with E-state index in [0.717, 1.165) is 0 Å². The van der Waals surface area contributed by atoms with Crippen LogP contribution in [0.3, 0.4) is 0 Å². The molecule has 0 radical (unpaired) electrons. The molecule has 0 fully saturated rings. The molecule has 119 heavy (non-hydrogen) atoms. The summed E-state index contributed by atoms with van der Waals surface area (Å²) in [6, 6.07) is 25.4. The van der Waals surface area contributed by atoms with Gasteiger partial charge in [-0.3, -0.25) is 44.9 Å². The molecule has 2 heterocycles. The van der Waals surface area contributed by atoms with E-state index in [2.05, 4.69) is 68.8 Å². The van der Waals surface area contributed by atoms with Gasteiger partial charge in [0.25, 0.3) is 17.7 Å². The predicted molar refractivity (Wildman–Crippen MR) is 403 cm³/mol. The molecule has 0 spiro atoms. The maximum Gasteiger partial charge on any atom is 0.329 e. The number of azide groups is 1. The summed E-state index contributed by atoms with van der Waals surface area (Å²) in [7, 11) is 0. The molecule has 2 aliphatic carbocycles. The van der Waals surface area contributed by atoms with Gasteiger partial charge in [-0.05, 0) is 108 Å². The highest BCUT2D eigenvalue weighted by Crippen LogP contribution is 2.50. The summed E-state index contributed by atoms with van der Waals surface area (Å²) >= 11 is 1.64. The van der Waals surface area contributed by atoms with Crippen LogP contribution in [0.25, 0.3) is 77.3 Å². The molecule has 0 saturated heterocycles. The van der Waals surface area contributed by atoms with Gasteiger partial charge in [-0.1, -0.05) is 33.4 Å². The summed E-state index contributed by atoms with van der Waals surface area (Å²) in [6.07, 6.45) is -1.14. The van der Waals surface area contributed by atoms with Gasteiger partial charge in [0, 0.05) is 98.4 Å². The molecule has 9 rings (SSSR count). The fraction of sp³-hybridized carbons (Fsp3) is 0.268. The summed E-state index contributed by atoms with van der Waals surface area (Å²) < 4.78 is 67.8. The van der Waals surface area contributed by atoms with Gasteiger partial charge in [0.15, 0.2) is 28.9 Å². The van der Waals surface area contributed by atoms with Crippen molar-refractivity contribution in [1.82, 2.24) is 21.3 Å². The molecule has 5 aromatic carbocycles. The van der Waals surface area contributed by atoms with Crippen LogP contribution in [-0.4, -0.2) is 180 Å². The standard InChI is InChI=1S/C43H46N8O19S2.C28H27N3O14S2/c44-31-8-6-28-36(29-7-9-32(45)40(72-70-68-60)38(29)66-37(28)39(31)71-69-67-59)30-21-25(4-5-27(30)43(57)58)42(56)49-13-15-62-17-16-61-14-10-33(52)47-11-12-48-41(55)24-2-1-3-26(20-24)65-22-34(50-51-46)64-19-18-63-23-35(53)54;29-19-5-3-16-22(17-4-6-20(30)26(47-45-43-38)24(17)41-23(16)25(19)46-44-42-37)18-13-14(1-2-15(18)28(35)36)27(34)31-8-10-40-12-11-39-9-7-21(32)33/h1-9,20-21,34,44,59-60H,10-19,22-23,45H2,(H,47,52)(H,48,55)(H,49,56)(H,53,54)(H,57,58);1-6,13,29,37-38H,7-12,30H2,(H,31,34)(H,32,33)(H,35,36)/p-4. The van der Waals surface area contributed by atoms with Crippen molar-refractivity contribution in [2.45, 2.75) is 38.7 Å². The van der Waals surface area contributed by atoms with E-state index in [-0.39, 0.29) is 260 Å². The number of nitrogens with one attached hydrogen (secondary N) is 6. The molecule has 14 N–H and O–H groups in total. The molecule has 4 amide bonds. The number of amides is 4. The zero-order valence-electron chi connectivity index (χ0n) is 61.5. The molecule has 1 unspecified atom stereocenters. The number of rotatable bonds is 50. The fourth-order valence-electron chi connectivity index (χ4n) is 10.9. The predicted octanol–water partition coefficient (Wildman–Crippen LogP) is 3.65. The number of nitrogens with zero attached hydrogens (tertiary/aromatic N) is 3.